The molecule has 0 aromatic carbocycles. The fourth-order valence-corrected chi connectivity index (χ4v) is 22.0. The molecule has 2 aliphatic heterocycles. The second kappa shape index (κ2) is 9.16. The Labute approximate surface area is 204 Å². The molecule has 4 rings (SSSR count). The molecule has 3 atom stereocenters. The topological polar surface area (TPSA) is 117 Å². The molecule has 4 heterocycles. The van der Waals surface area contributed by atoms with Crippen LogP contribution < -0.4 is 11.3 Å². The molecule has 9 nitrogen and oxygen atoms in total. The summed E-state index contributed by atoms with van der Waals surface area (Å²) >= 11 is 0. The average molecular weight is 508 g/mol. The molecule has 34 heavy (non-hydrogen) atoms. The van der Waals surface area contributed by atoms with Gasteiger partial charge in [0.25, 0.3) is 5.56 Å². The van der Waals surface area contributed by atoms with Gasteiger partial charge in [-0.25, -0.2) is 4.98 Å². The van der Waals surface area contributed by atoms with Gasteiger partial charge in [-0.15, -0.1) is 0 Å². The number of nitrogens with zero attached hydrogens (tertiary/aromatic N) is 3. The predicted molar refractivity (Wildman–Crippen MR) is 139 cm³/mol. The van der Waals surface area contributed by atoms with Crippen molar-refractivity contribution in [2.45, 2.75) is 108 Å². The van der Waals surface area contributed by atoms with Crippen molar-refractivity contribution in [1.29, 1.82) is 0 Å². The van der Waals surface area contributed by atoms with Crippen LogP contribution in [0.15, 0.2) is 11.1 Å². The molecule has 0 saturated carbocycles. The van der Waals surface area contributed by atoms with Crippen molar-refractivity contribution in [1.82, 2.24) is 19.5 Å². The number of ether oxygens (including phenoxy) is 1. The van der Waals surface area contributed by atoms with Crippen LogP contribution >= 0.6 is 0 Å². The van der Waals surface area contributed by atoms with E-state index >= 15 is 0 Å². The lowest BCUT2D eigenvalue weighted by Crippen LogP contribution is -2.61. The molecular formula is C23H41N5O4Si2. The van der Waals surface area contributed by atoms with E-state index in [4.69, 9.17) is 19.3 Å². The lowest BCUT2D eigenvalue weighted by Gasteiger charge is -2.51. The van der Waals surface area contributed by atoms with Crippen LogP contribution in [0.3, 0.4) is 0 Å². The van der Waals surface area contributed by atoms with E-state index < -0.39 is 16.6 Å². The fraction of sp³-hybridized carbons (Fsp3) is 0.783. The summed E-state index contributed by atoms with van der Waals surface area (Å²) in [5.41, 5.74) is 9.19. The molecule has 0 unspecified atom stereocenters. The minimum atomic E-state index is -2.21. The fourth-order valence-electron chi connectivity index (χ4n) is 6.10. The Morgan fingerprint density at radius 1 is 1.03 bits per heavy atom. The van der Waals surface area contributed by atoms with Gasteiger partial charge in [0.1, 0.15) is 12.3 Å². The quantitative estimate of drug-likeness (QED) is 0.573. The Hall–Kier alpha value is -1.54. The van der Waals surface area contributed by atoms with E-state index in [2.05, 4.69) is 70.3 Å². The number of H-pyrrole nitrogens is 1. The highest BCUT2D eigenvalue weighted by molar-refractivity contribution is 6.94. The van der Waals surface area contributed by atoms with Gasteiger partial charge in [-0.05, 0) is 27.8 Å². The lowest BCUT2D eigenvalue weighted by molar-refractivity contribution is -0.0411. The first-order chi connectivity index (χ1) is 15.9. The molecule has 3 N–H and O–H groups in total. The lowest BCUT2D eigenvalue weighted by atomic mass is 10.2. The number of imidazole rings is 1. The predicted octanol–water partition coefficient (Wildman–Crippen LogP) is 4.47. The molecule has 2 saturated heterocycles. The number of aromatic amines is 1. The van der Waals surface area contributed by atoms with Gasteiger partial charge < -0.3 is 19.3 Å². The second-order valence-electron chi connectivity index (χ2n) is 11.3. The largest absolute Gasteiger partial charge is 0.414 e. The van der Waals surface area contributed by atoms with Gasteiger partial charge >= 0.3 is 0 Å². The van der Waals surface area contributed by atoms with E-state index in [1.165, 1.54) is 0 Å². The van der Waals surface area contributed by atoms with Gasteiger partial charge in [-0.1, -0.05) is 55.4 Å². The van der Waals surface area contributed by atoms with E-state index in [9.17, 15) is 4.79 Å². The third-order valence-electron chi connectivity index (χ3n) is 8.29. The summed E-state index contributed by atoms with van der Waals surface area (Å²) in [5.74, 6) is 0.0681. The highest BCUT2D eigenvalue weighted by atomic mass is 28.4. The Morgan fingerprint density at radius 2 is 1.65 bits per heavy atom. The normalized spacial score (nSPS) is 27.0. The number of nitrogens with one attached hydrogen (secondary N) is 1. The van der Waals surface area contributed by atoms with Gasteiger partial charge in [-0.3, -0.25) is 14.3 Å². The Bertz CT molecular complexity index is 1070. The van der Waals surface area contributed by atoms with Crippen molar-refractivity contribution in [2.24, 2.45) is 0 Å². The zero-order valence-corrected chi connectivity index (χ0v) is 23.8. The van der Waals surface area contributed by atoms with Crippen LogP contribution in [0.1, 0.15) is 68.0 Å². The monoisotopic (exact) mass is 507 g/mol. The first-order valence-corrected chi connectivity index (χ1v) is 17.1. The summed E-state index contributed by atoms with van der Waals surface area (Å²) in [6.45, 7) is 19.2. The van der Waals surface area contributed by atoms with Crippen LogP contribution in [0, 0.1) is 0 Å². The summed E-state index contributed by atoms with van der Waals surface area (Å²) in [7, 11) is -4.34. The highest BCUT2D eigenvalue weighted by Crippen LogP contribution is 2.50. The molecule has 190 valence electrons. The van der Waals surface area contributed by atoms with Crippen LogP contribution in [0.2, 0.25) is 27.8 Å². The Morgan fingerprint density at radius 3 is 2.24 bits per heavy atom. The van der Waals surface area contributed by atoms with Crippen molar-refractivity contribution in [3.8, 4) is 0 Å². The second-order valence-corrected chi connectivity index (χ2v) is 21.7. The van der Waals surface area contributed by atoms with E-state index in [1.807, 2.05) is 4.57 Å². The third kappa shape index (κ3) is 4.08. The van der Waals surface area contributed by atoms with E-state index in [0.29, 0.717) is 40.8 Å². The van der Waals surface area contributed by atoms with Gasteiger partial charge in [0, 0.05) is 6.42 Å². The van der Waals surface area contributed by atoms with Crippen molar-refractivity contribution in [3.63, 3.8) is 0 Å². The van der Waals surface area contributed by atoms with Gasteiger partial charge in [0.2, 0.25) is 5.95 Å². The summed E-state index contributed by atoms with van der Waals surface area (Å²) < 4.78 is 22.7. The minimum Gasteiger partial charge on any atom is -0.414 e. The zero-order valence-electron chi connectivity index (χ0n) is 21.8. The van der Waals surface area contributed by atoms with Crippen molar-refractivity contribution >= 4 is 33.7 Å². The smallest absolute Gasteiger partial charge is 0.280 e. The molecule has 0 spiro atoms. The number of aromatic nitrogens is 4. The maximum Gasteiger partial charge on any atom is 0.280 e. The number of hydrogen-bond acceptors (Lipinski definition) is 7. The molecule has 2 aliphatic rings. The number of nitrogen functional groups attached to an aromatic ring is 1. The van der Waals surface area contributed by atoms with E-state index in [-0.39, 0.29) is 35.5 Å². The molecule has 2 aromatic heterocycles. The van der Waals surface area contributed by atoms with Crippen LogP contribution in [-0.2, 0) is 13.6 Å². The van der Waals surface area contributed by atoms with Gasteiger partial charge in [0.05, 0.1) is 19.0 Å². The number of anilines is 1. The molecule has 2 aromatic rings. The summed E-state index contributed by atoms with van der Waals surface area (Å²) in [4.78, 5) is 23.4. The number of rotatable bonds is 5. The van der Waals surface area contributed by atoms with E-state index in [1.54, 1.807) is 6.33 Å². The molecule has 11 heteroatoms. The van der Waals surface area contributed by atoms with Crippen molar-refractivity contribution in [2.75, 3.05) is 12.3 Å². The molecule has 0 bridgehead atoms. The number of hydrogen-bond donors (Lipinski definition) is 2. The molecule has 0 aliphatic carbocycles. The highest BCUT2D eigenvalue weighted by Gasteiger charge is 2.58. The summed E-state index contributed by atoms with van der Waals surface area (Å²) in [6.07, 6.45) is 1.71. The number of fused-ring (bicyclic) bond motifs is 2. The maximum atomic E-state index is 12.3. The van der Waals surface area contributed by atoms with Crippen molar-refractivity contribution in [3.05, 3.63) is 16.7 Å². The third-order valence-corrected chi connectivity index (χ3v) is 22.0. The van der Waals surface area contributed by atoms with Gasteiger partial charge in [0.15, 0.2) is 27.8 Å². The molecule has 0 radical (unpaired) electrons. The average Bonchev–Trinajstić information content (AvgIpc) is 3.31. The maximum absolute atomic E-state index is 12.3. The standard InChI is InChI=1S/C23H41N5O4Si2/c1-13(2)33(14(3)4)12-34(15(5)6,16(7)8)32-17-9-19(31-18(17)10-30-33)28-11-25-20-21(28)26-23(24)27-22(20)29/h11,13-19H,9-10,12H2,1-8H3,(H3,24,26,27,29)/t17-,18+,19+/m0/s1. The first-order valence-electron chi connectivity index (χ1n) is 12.6. The van der Waals surface area contributed by atoms with E-state index in [0.717, 1.165) is 5.67 Å². The summed E-state index contributed by atoms with van der Waals surface area (Å²) in [6, 6.07) is 0. The number of nitrogens with two attached hydrogens (primary N) is 1. The summed E-state index contributed by atoms with van der Waals surface area (Å²) in [5, 5.41) is 0. The first kappa shape index (κ1) is 25.6. The van der Waals surface area contributed by atoms with Crippen LogP contribution in [0.25, 0.3) is 11.2 Å². The zero-order chi connectivity index (χ0) is 25.0. The van der Waals surface area contributed by atoms with Gasteiger partial charge in [-0.2, -0.15) is 4.98 Å². The van der Waals surface area contributed by atoms with Crippen LogP contribution in [-0.4, -0.2) is 55.0 Å². The minimum absolute atomic E-state index is 0.0652. The van der Waals surface area contributed by atoms with Crippen molar-refractivity contribution < 1.29 is 13.6 Å². The van der Waals surface area contributed by atoms with Crippen LogP contribution in [0.4, 0.5) is 5.95 Å². The molecular weight excluding hydrogens is 466 g/mol. The van der Waals surface area contributed by atoms with Crippen LogP contribution in [0.5, 0.6) is 0 Å². The Kier molecular flexibility index (Phi) is 6.88. The molecule has 2 fully saturated rings. The Balaban J connectivity index is 1.74. The SMILES string of the molecule is CC(C)[Si]1(C(C)C)C[Si](C(C)C)(C(C)C)O[C@H]2C[C@H](n3cnc4c(=O)[nH]c(N)nc43)O[C@@H]2CO1. The molecule has 0 amide bonds.